The van der Waals surface area contributed by atoms with Crippen LogP contribution in [0, 0.1) is 6.92 Å². The molecule has 0 radical (unpaired) electrons. The first kappa shape index (κ1) is 18.5. The van der Waals surface area contributed by atoms with Gasteiger partial charge in [0.1, 0.15) is 17.1 Å². The summed E-state index contributed by atoms with van der Waals surface area (Å²) in [7, 11) is 0. The number of benzene rings is 1. The van der Waals surface area contributed by atoms with E-state index >= 15 is 0 Å². The highest BCUT2D eigenvalue weighted by Gasteiger charge is 2.24. The summed E-state index contributed by atoms with van der Waals surface area (Å²) < 4.78 is 26.3. The van der Waals surface area contributed by atoms with Gasteiger partial charge in [0, 0.05) is 0 Å². The molecule has 10 nitrogen and oxygen atoms in total. The fraction of sp³-hybridized carbons (Fsp3) is 0.263. The molecule has 0 aliphatic carbocycles. The van der Waals surface area contributed by atoms with E-state index in [4.69, 9.17) is 29.1 Å². The average molecular weight is 399 g/mol. The molecule has 0 unspecified atom stereocenters. The van der Waals surface area contributed by atoms with E-state index in [9.17, 15) is 9.59 Å². The van der Waals surface area contributed by atoms with Gasteiger partial charge < -0.3 is 29.1 Å². The molecule has 0 amide bonds. The maximum atomic E-state index is 12.3. The van der Waals surface area contributed by atoms with E-state index < -0.39 is 11.9 Å². The molecule has 29 heavy (non-hydrogen) atoms. The predicted octanol–water partition coefficient (Wildman–Crippen LogP) is 2.38. The zero-order valence-corrected chi connectivity index (χ0v) is 15.7. The van der Waals surface area contributed by atoms with Crippen LogP contribution in [-0.2, 0) is 16.1 Å². The van der Waals surface area contributed by atoms with E-state index in [2.05, 4.69) is 9.97 Å². The van der Waals surface area contributed by atoms with Crippen LogP contribution in [0.3, 0.4) is 0 Å². The van der Waals surface area contributed by atoms with Gasteiger partial charge in [0.25, 0.3) is 0 Å². The van der Waals surface area contributed by atoms with Crippen molar-refractivity contribution < 1.29 is 33.0 Å². The fourth-order valence-electron chi connectivity index (χ4n) is 2.93. The summed E-state index contributed by atoms with van der Waals surface area (Å²) in [5.74, 6) is 0.355. The zero-order chi connectivity index (χ0) is 20.5. The maximum Gasteiger partial charge on any atom is 0.342 e. The van der Waals surface area contributed by atoms with E-state index in [1.54, 1.807) is 26.0 Å². The lowest BCUT2D eigenvalue weighted by Gasteiger charge is -2.06. The second-order valence-electron chi connectivity index (χ2n) is 6.10. The summed E-state index contributed by atoms with van der Waals surface area (Å²) in [6.45, 7) is 3.38. The Balaban J connectivity index is 1.54. The number of carbonyl (C=O) groups excluding carboxylic acids is 2. The second-order valence-corrected chi connectivity index (χ2v) is 6.10. The topological polar surface area (TPSA) is 136 Å². The van der Waals surface area contributed by atoms with E-state index in [0.717, 1.165) is 0 Å². The average Bonchev–Trinajstić information content (AvgIpc) is 3.29. The van der Waals surface area contributed by atoms with Gasteiger partial charge in [0.15, 0.2) is 23.9 Å². The van der Waals surface area contributed by atoms with Crippen LogP contribution < -0.4 is 15.2 Å². The summed E-state index contributed by atoms with van der Waals surface area (Å²) >= 11 is 0. The molecule has 3 aromatic rings. The monoisotopic (exact) mass is 399 g/mol. The van der Waals surface area contributed by atoms with Crippen molar-refractivity contribution in [3.8, 4) is 11.5 Å². The first-order valence-electron chi connectivity index (χ1n) is 8.77. The normalized spacial score (nSPS) is 12.2. The SMILES string of the molecule is CCOC(=O)c1c(C)oc2nc(COC(=O)c3ccc4c(c3)OCO4)nc(N)c12. The van der Waals surface area contributed by atoms with Crippen molar-refractivity contribution in [2.24, 2.45) is 0 Å². The van der Waals surface area contributed by atoms with Gasteiger partial charge in [-0.25, -0.2) is 14.6 Å². The van der Waals surface area contributed by atoms with Crippen LogP contribution in [0.2, 0.25) is 0 Å². The van der Waals surface area contributed by atoms with Crippen molar-refractivity contribution in [2.45, 2.75) is 20.5 Å². The lowest BCUT2D eigenvalue weighted by molar-refractivity contribution is 0.0461. The lowest BCUT2D eigenvalue weighted by atomic mass is 10.2. The van der Waals surface area contributed by atoms with Gasteiger partial charge in [0.05, 0.1) is 17.6 Å². The molecule has 0 atom stereocenters. The van der Waals surface area contributed by atoms with Crippen molar-refractivity contribution in [3.05, 3.63) is 40.9 Å². The van der Waals surface area contributed by atoms with Crippen molar-refractivity contribution in [1.29, 1.82) is 0 Å². The van der Waals surface area contributed by atoms with Gasteiger partial charge >= 0.3 is 11.9 Å². The first-order chi connectivity index (χ1) is 14.0. The number of anilines is 1. The van der Waals surface area contributed by atoms with E-state index in [0.29, 0.717) is 22.8 Å². The number of hydrogen-bond donors (Lipinski definition) is 1. The fourth-order valence-corrected chi connectivity index (χ4v) is 2.93. The number of carbonyl (C=O) groups is 2. The van der Waals surface area contributed by atoms with Gasteiger partial charge in [-0.2, -0.15) is 4.98 Å². The molecule has 0 bridgehead atoms. The standard InChI is InChI=1S/C19H17N3O7/c1-3-25-19(24)14-9(2)29-17-15(14)16(20)21-13(22-17)7-26-18(23)10-4-5-11-12(6-10)28-8-27-11/h4-6H,3,7-8H2,1-2H3,(H2,20,21,22). The van der Waals surface area contributed by atoms with Crippen molar-refractivity contribution in [1.82, 2.24) is 9.97 Å². The van der Waals surface area contributed by atoms with Crippen molar-refractivity contribution in [3.63, 3.8) is 0 Å². The molecule has 0 fully saturated rings. The number of hydrogen-bond acceptors (Lipinski definition) is 10. The molecule has 1 aliphatic rings. The van der Waals surface area contributed by atoms with Crippen LogP contribution in [0.15, 0.2) is 22.6 Å². The minimum absolute atomic E-state index is 0.0315. The largest absolute Gasteiger partial charge is 0.462 e. The van der Waals surface area contributed by atoms with Gasteiger partial charge in [0.2, 0.25) is 12.5 Å². The molecule has 2 N–H and O–H groups in total. The highest BCUT2D eigenvalue weighted by atomic mass is 16.7. The number of aromatic nitrogens is 2. The number of aryl methyl sites for hydroxylation is 1. The van der Waals surface area contributed by atoms with Crippen LogP contribution in [0.1, 0.15) is 39.2 Å². The Hall–Kier alpha value is -3.82. The molecule has 150 valence electrons. The zero-order valence-electron chi connectivity index (χ0n) is 15.7. The highest BCUT2D eigenvalue weighted by Crippen LogP contribution is 2.33. The minimum Gasteiger partial charge on any atom is -0.462 e. The number of nitrogens with zero attached hydrogens (tertiary/aromatic N) is 2. The maximum absolute atomic E-state index is 12.3. The Kier molecular flexibility index (Phi) is 4.67. The molecule has 2 aromatic heterocycles. The molecule has 0 saturated heterocycles. The van der Waals surface area contributed by atoms with Crippen LogP contribution in [0.25, 0.3) is 11.1 Å². The third kappa shape index (κ3) is 3.40. The predicted molar refractivity (Wildman–Crippen MR) is 98.6 cm³/mol. The van der Waals surface area contributed by atoms with Gasteiger partial charge in [-0.05, 0) is 32.0 Å². The van der Waals surface area contributed by atoms with E-state index in [1.165, 1.54) is 6.07 Å². The molecule has 4 rings (SSSR count). The Morgan fingerprint density at radius 1 is 1.14 bits per heavy atom. The number of esters is 2. The van der Waals surface area contributed by atoms with E-state index in [-0.39, 0.29) is 48.3 Å². The molecular formula is C19H17N3O7. The Bertz CT molecular complexity index is 1120. The van der Waals surface area contributed by atoms with Crippen molar-refractivity contribution >= 4 is 28.9 Å². The van der Waals surface area contributed by atoms with Crippen LogP contribution in [-0.4, -0.2) is 35.3 Å². The quantitative estimate of drug-likeness (QED) is 0.637. The van der Waals surface area contributed by atoms with Crippen LogP contribution >= 0.6 is 0 Å². The molecule has 1 aliphatic heterocycles. The summed E-state index contributed by atoms with van der Waals surface area (Å²) in [5, 5.41) is 0.270. The summed E-state index contributed by atoms with van der Waals surface area (Å²) in [4.78, 5) is 32.8. The third-order valence-corrected chi connectivity index (χ3v) is 4.22. The number of ether oxygens (including phenoxy) is 4. The van der Waals surface area contributed by atoms with Crippen LogP contribution in [0.4, 0.5) is 5.82 Å². The lowest BCUT2D eigenvalue weighted by Crippen LogP contribution is -2.10. The van der Waals surface area contributed by atoms with Gasteiger partial charge in [-0.15, -0.1) is 0 Å². The number of rotatable bonds is 5. The first-order valence-corrected chi connectivity index (χ1v) is 8.77. The third-order valence-electron chi connectivity index (χ3n) is 4.22. The van der Waals surface area contributed by atoms with Gasteiger partial charge in [-0.1, -0.05) is 0 Å². The molecular weight excluding hydrogens is 382 g/mol. The molecule has 1 aromatic carbocycles. The number of nitrogens with two attached hydrogens (primary N) is 1. The molecule has 0 spiro atoms. The molecule has 0 saturated carbocycles. The number of fused-ring (bicyclic) bond motifs is 2. The van der Waals surface area contributed by atoms with Crippen molar-refractivity contribution in [2.75, 3.05) is 19.1 Å². The minimum atomic E-state index is -0.589. The summed E-state index contributed by atoms with van der Waals surface area (Å²) in [6.07, 6.45) is 0. The Morgan fingerprint density at radius 2 is 1.93 bits per heavy atom. The molecule has 3 heterocycles. The second kappa shape index (κ2) is 7.30. The Morgan fingerprint density at radius 3 is 2.72 bits per heavy atom. The van der Waals surface area contributed by atoms with E-state index in [1.807, 2.05) is 0 Å². The summed E-state index contributed by atoms with van der Waals surface area (Å²) in [5.41, 5.74) is 6.59. The Labute approximate surface area is 164 Å². The smallest absolute Gasteiger partial charge is 0.342 e. The number of nitrogen functional groups attached to an aromatic ring is 1. The molecule has 10 heteroatoms. The van der Waals surface area contributed by atoms with Crippen LogP contribution in [0.5, 0.6) is 11.5 Å². The summed E-state index contributed by atoms with van der Waals surface area (Å²) in [6, 6.07) is 4.72. The number of furan rings is 1. The van der Waals surface area contributed by atoms with Gasteiger partial charge in [-0.3, -0.25) is 0 Å². The highest BCUT2D eigenvalue weighted by molar-refractivity contribution is 6.07.